The van der Waals surface area contributed by atoms with Gasteiger partial charge in [-0.2, -0.15) is 5.26 Å². The van der Waals surface area contributed by atoms with Gasteiger partial charge in [0, 0.05) is 5.69 Å². The SMILES string of the molecule is Cc1cccc(C(C#N)c2ccccc2)n1. The predicted octanol–water partition coefficient (Wildman–Crippen LogP) is 3.05. The molecule has 2 heteroatoms. The van der Waals surface area contributed by atoms with Crippen molar-refractivity contribution in [3.05, 3.63) is 65.5 Å². The van der Waals surface area contributed by atoms with Crippen LogP contribution < -0.4 is 0 Å². The number of nitriles is 1. The summed E-state index contributed by atoms with van der Waals surface area (Å²) < 4.78 is 0. The van der Waals surface area contributed by atoms with E-state index in [2.05, 4.69) is 11.1 Å². The molecular formula is C14H12N2. The van der Waals surface area contributed by atoms with Crippen LogP contribution in [0.3, 0.4) is 0 Å². The molecule has 78 valence electrons. The second-order valence-electron chi connectivity index (χ2n) is 3.68. The van der Waals surface area contributed by atoms with Crippen LogP contribution in [0, 0.1) is 18.3 Å². The topological polar surface area (TPSA) is 36.7 Å². The molecule has 0 radical (unpaired) electrons. The van der Waals surface area contributed by atoms with Crippen LogP contribution in [-0.2, 0) is 0 Å². The van der Waals surface area contributed by atoms with Gasteiger partial charge in [0.1, 0.15) is 5.92 Å². The molecule has 16 heavy (non-hydrogen) atoms. The zero-order chi connectivity index (χ0) is 11.4. The molecule has 0 aliphatic carbocycles. The molecule has 0 saturated heterocycles. The first-order valence-corrected chi connectivity index (χ1v) is 5.19. The van der Waals surface area contributed by atoms with Crippen molar-refractivity contribution in [2.45, 2.75) is 12.8 Å². The van der Waals surface area contributed by atoms with Crippen molar-refractivity contribution >= 4 is 0 Å². The van der Waals surface area contributed by atoms with E-state index < -0.39 is 0 Å². The van der Waals surface area contributed by atoms with E-state index in [1.54, 1.807) is 0 Å². The van der Waals surface area contributed by atoms with E-state index in [0.29, 0.717) is 0 Å². The minimum atomic E-state index is -0.277. The van der Waals surface area contributed by atoms with E-state index in [-0.39, 0.29) is 5.92 Å². The van der Waals surface area contributed by atoms with Crippen molar-refractivity contribution in [1.29, 1.82) is 5.26 Å². The van der Waals surface area contributed by atoms with Crippen LogP contribution in [0.25, 0.3) is 0 Å². The van der Waals surface area contributed by atoms with Crippen LogP contribution in [-0.4, -0.2) is 4.98 Å². The molecule has 0 aliphatic rings. The summed E-state index contributed by atoms with van der Waals surface area (Å²) in [5.74, 6) is -0.277. The highest BCUT2D eigenvalue weighted by Gasteiger charge is 2.13. The number of aryl methyl sites for hydroxylation is 1. The average Bonchev–Trinajstić information content (AvgIpc) is 2.31. The Balaban J connectivity index is 2.42. The molecule has 2 aromatic rings. The third-order valence-electron chi connectivity index (χ3n) is 2.47. The molecule has 1 unspecified atom stereocenters. The Morgan fingerprint density at radius 1 is 1.06 bits per heavy atom. The zero-order valence-corrected chi connectivity index (χ0v) is 9.09. The van der Waals surface area contributed by atoms with Crippen molar-refractivity contribution in [3.63, 3.8) is 0 Å². The molecule has 1 atom stereocenters. The van der Waals surface area contributed by atoms with Gasteiger partial charge in [-0.05, 0) is 24.6 Å². The third-order valence-corrected chi connectivity index (χ3v) is 2.47. The predicted molar refractivity (Wildman–Crippen MR) is 62.9 cm³/mol. The first kappa shape index (κ1) is 10.4. The third kappa shape index (κ3) is 2.09. The molecule has 0 N–H and O–H groups in total. The molecule has 1 aromatic carbocycles. The maximum atomic E-state index is 9.23. The van der Waals surface area contributed by atoms with E-state index in [1.807, 2.05) is 55.5 Å². The fraction of sp³-hybridized carbons (Fsp3) is 0.143. The minimum absolute atomic E-state index is 0.277. The van der Waals surface area contributed by atoms with Crippen LogP contribution in [0.5, 0.6) is 0 Å². The lowest BCUT2D eigenvalue weighted by Crippen LogP contribution is -2.01. The second-order valence-corrected chi connectivity index (χ2v) is 3.68. The maximum absolute atomic E-state index is 9.23. The van der Waals surface area contributed by atoms with Gasteiger partial charge in [0.25, 0.3) is 0 Å². The van der Waals surface area contributed by atoms with Gasteiger partial charge in [-0.15, -0.1) is 0 Å². The second kappa shape index (κ2) is 4.59. The van der Waals surface area contributed by atoms with Crippen LogP contribution in [0.1, 0.15) is 22.9 Å². The van der Waals surface area contributed by atoms with E-state index in [4.69, 9.17) is 0 Å². The smallest absolute Gasteiger partial charge is 0.113 e. The monoisotopic (exact) mass is 208 g/mol. The van der Waals surface area contributed by atoms with Gasteiger partial charge in [0.2, 0.25) is 0 Å². The molecule has 2 rings (SSSR count). The van der Waals surface area contributed by atoms with Crippen LogP contribution >= 0.6 is 0 Å². The summed E-state index contributed by atoms with van der Waals surface area (Å²) in [6.07, 6.45) is 0. The summed E-state index contributed by atoms with van der Waals surface area (Å²) in [6.45, 7) is 1.93. The Kier molecular flexibility index (Phi) is 2.98. The highest BCUT2D eigenvalue weighted by molar-refractivity contribution is 5.34. The fourth-order valence-corrected chi connectivity index (χ4v) is 1.68. The summed E-state index contributed by atoms with van der Waals surface area (Å²) >= 11 is 0. The van der Waals surface area contributed by atoms with E-state index in [1.165, 1.54) is 0 Å². The number of nitrogens with zero attached hydrogens (tertiary/aromatic N) is 2. The lowest BCUT2D eigenvalue weighted by atomic mass is 9.97. The number of benzene rings is 1. The number of rotatable bonds is 2. The van der Waals surface area contributed by atoms with Crippen molar-refractivity contribution < 1.29 is 0 Å². The van der Waals surface area contributed by atoms with Crippen LogP contribution in [0.4, 0.5) is 0 Å². The molecule has 1 aromatic heterocycles. The molecule has 0 spiro atoms. The molecule has 2 nitrogen and oxygen atoms in total. The van der Waals surface area contributed by atoms with Gasteiger partial charge >= 0.3 is 0 Å². The van der Waals surface area contributed by atoms with Gasteiger partial charge in [0.15, 0.2) is 0 Å². The van der Waals surface area contributed by atoms with Crippen molar-refractivity contribution in [3.8, 4) is 6.07 Å². The van der Waals surface area contributed by atoms with E-state index in [9.17, 15) is 5.26 Å². The Hall–Kier alpha value is -2.14. The number of hydrogen-bond donors (Lipinski definition) is 0. The summed E-state index contributed by atoms with van der Waals surface area (Å²) in [4.78, 5) is 4.40. The molecule has 0 bridgehead atoms. The van der Waals surface area contributed by atoms with Crippen LogP contribution in [0.15, 0.2) is 48.5 Å². The number of hydrogen-bond acceptors (Lipinski definition) is 2. The Morgan fingerprint density at radius 3 is 2.44 bits per heavy atom. The Morgan fingerprint density at radius 2 is 1.81 bits per heavy atom. The minimum Gasteiger partial charge on any atom is -0.256 e. The normalized spacial score (nSPS) is 11.8. The fourth-order valence-electron chi connectivity index (χ4n) is 1.68. The van der Waals surface area contributed by atoms with E-state index in [0.717, 1.165) is 17.0 Å². The first-order valence-electron chi connectivity index (χ1n) is 5.19. The molecule has 1 heterocycles. The van der Waals surface area contributed by atoms with Crippen LogP contribution in [0.2, 0.25) is 0 Å². The highest BCUT2D eigenvalue weighted by Crippen LogP contribution is 2.21. The molecule has 0 saturated carbocycles. The molecule has 0 aliphatic heterocycles. The van der Waals surface area contributed by atoms with Gasteiger partial charge in [-0.25, -0.2) is 0 Å². The van der Waals surface area contributed by atoms with E-state index >= 15 is 0 Å². The molecule has 0 amide bonds. The lowest BCUT2D eigenvalue weighted by molar-refractivity contribution is 0.948. The summed E-state index contributed by atoms with van der Waals surface area (Å²) in [5.41, 5.74) is 2.74. The van der Waals surface area contributed by atoms with Gasteiger partial charge < -0.3 is 0 Å². The summed E-state index contributed by atoms with van der Waals surface area (Å²) in [7, 11) is 0. The lowest BCUT2D eigenvalue weighted by Gasteiger charge is -2.09. The van der Waals surface area contributed by atoms with Crippen molar-refractivity contribution in [2.24, 2.45) is 0 Å². The molecular weight excluding hydrogens is 196 g/mol. The van der Waals surface area contributed by atoms with Crippen molar-refractivity contribution in [1.82, 2.24) is 4.98 Å². The Labute approximate surface area is 95.2 Å². The summed E-state index contributed by atoms with van der Waals surface area (Å²) in [6, 6.07) is 17.8. The van der Waals surface area contributed by atoms with Gasteiger partial charge in [0.05, 0.1) is 11.8 Å². The standard InChI is InChI=1S/C14H12N2/c1-11-6-5-9-14(16-11)13(10-15)12-7-3-2-4-8-12/h2-9,13H,1H3. The quantitative estimate of drug-likeness (QED) is 0.760. The highest BCUT2D eigenvalue weighted by atomic mass is 14.7. The van der Waals surface area contributed by atoms with Gasteiger partial charge in [-0.3, -0.25) is 4.98 Å². The summed E-state index contributed by atoms with van der Waals surface area (Å²) in [5, 5.41) is 9.23. The zero-order valence-electron chi connectivity index (χ0n) is 9.09. The maximum Gasteiger partial charge on any atom is 0.113 e. The number of aromatic nitrogens is 1. The average molecular weight is 208 g/mol. The molecule has 0 fully saturated rings. The van der Waals surface area contributed by atoms with Crippen molar-refractivity contribution in [2.75, 3.05) is 0 Å². The first-order chi connectivity index (χ1) is 7.81. The largest absolute Gasteiger partial charge is 0.256 e. The number of pyridine rings is 1. The Bertz CT molecular complexity index is 512. The van der Waals surface area contributed by atoms with Gasteiger partial charge in [-0.1, -0.05) is 36.4 Å².